The Morgan fingerprint density at radius 2 is 1.96 bits per heavy atom. The van der Waals surface area contributed by atoms with Crippen LogP contribution in [0.2, 0.25) is 0 Å². The van der Waals surface area contributed by atoms with Gasteiger partial charge in [-0.2, -0.15) is 0 Å². The van der Waals surface area contributed by atoms with E-state index in [1.54, 1.807) is 13.3 Å². The largest absolute Gasteiger partial charge is 0.493 e. The first-order valence-electron chi connectivity index (χ1n) is 8.53. The van der Waals surface area contributed by atoms with Crippen molar-refractivity contribution in [1.29, 1.82) is 0 Å². The minimum atomic E-state index is 0.312. The van der Waals surface area contributed by atoms with Gasteiger partial charge in [0, 0.05) is 12.7 Å². The van der Waals surface area contributed by atoms with E-state index in [0.29, 0.717) is 12.6 Å². The zero-order valence-corrected chi connectivity index (χ0v) is 14.6. The molecule has 5 heteroatoms. The topological polar surface area (TPSA) is 56.3 Å². The van der Waals surface area contributed by atoms with Crippen LogP contribution in [0.5, 0.6) is 11.5 Å². The zero-order chi connectivity index (χ0) is 16.9. The Bertz CT molecular complexity index is 697. The van der Waals surface area contributed by atoms with E-state index < -0.39 is 0 Å². The smallest absolute Gasteiger partial charge is 0.161 e. The molecule has 3 rings (SSSR count). The summed E-state index contributed by atoms with van der Waals surface area (Å²) in [6.45, 7) is 4.57. The third-order valence-electron chi connectivity index (χ3n) is 4.36. The molecule has 0 atom stereocenters. The summed E-state index contributed by atoms with van der Waals surface area (Å²) in [5, 5.41) is 3.36. The van der Waals surface area contributed by atoms with Crippen LogP contribution in [-0.4, -0.2) is 23.2 Å². The molecule has 1 heterocycles. The van der Waals surface area contributed by atoms with Crippen molar-refractivity contribution in [3.8, 4) is 11.5 Å². The van der Waals surface area contributed by atoms with E-state index in [2.05, 4.69) is 21.4 Å². The van der Waals surface area contributed by atoms with Gasteiger partial charge in [-0.25, -0.2) is 4.98 Å². The van der Waals surface area contributed by atoms with Gasteiger partial charge >= 0.3 is 0 Å². The lowest BCUT2D eigenvalue weighted by Gasteiger charge is -2.17. The van der Waals surface area contributed by atoms with Crippen molar-refractivity contribution in [1.82, 2.24) is 9.97 Å². The molecule has 1 aromatic heterocycles. The van der Waals surface area contributed by atoms with E-state index in [-0.39, 0.29) is 0 Å². The third kappa shape index (κ3) is 3.96. The van der Waals surface area contributed by atoms with Gasteiger partial charge in [-0.1, -0.05) is 6.07 Å². The Morgan fingerprint density at radius 1 is 1.17 bits per heavy atom. The molecule has 0 bridgehead atoms. The number of benzene rings is 1. The maximum atomic E-state index is 6.15. The standard InChI is InChI=1S/C19H25N3O2/c1-13-11-20-14(2)19(22-13)21-12-15-8-9-17(23-3)18(10-15)24-16-6-4-5-7-16/h8-11,16H,4-7,12H2,1-3H3,(H,21,22). The average Bonchev–Trinajstić information content (AvgIpc) is 3.09. The van der Waals surface area contributed by atoms with Crippen molar-refractivity contribution in [3.63, 3.8) is 0 Å². The fourth-order valence-electron chi connectivity index (χ4n) is 3.00. The molecule has 1 aliphatic rings. The molecule has 0 radical (unpaired) electrons. The minimum absolute atomic E-state index is 0.312. The lowest BCUT2D eigenvalue weighted by molar-refractivity contribution is 0.200. The molecule has 1 aromatic carbocycles. The highest BCUT2D eigenvalue weighted by Crippen LogP contribution is 2.32. The van der Waals surface area contributed by atoms with Crippen LogP contribution < -0.4 is 14.8 Å². The molecule has 1 fully saturated rings. The van der Waals surface area contributed by atoms with Crippen molar-refractivity contribution in [2.75, 3.05) is 12.4 Å². The second kappa shape index (κ2) is 7.51. The molecular weight excluding hydrogens is 302 g/mol. The SMILES string of the molecule is COc1ccc(CNc2nc(C)cnc2C)cc1OC1CCCC1. The summed E-state index contributed by atoms with van der Waals surface area (Å²) in [7, 11) is 1.68. The summed E-state index contributed by atoms with van der Waals surface area (Å²) in [5.74, 6) is 2.44. The molecule has 0 amide bonds. The second-order valence-electron chi connectivity index (χ2n) is 6.31. The summed E-state index contributed by atoms with van der Waals surface area (Å²) in [6, 6.07) is 6.07. The number of ether oxygens (including phenoxy) is 2. The molecule has 0 spiro atoms. The van der Waals surface area contributed by atoms with E-state index in [9.17, 15) is 0 Å². The van der Waals surface area contributed by atoms with E-state index in [4.69, 9.17) is 9.47 Å². The first kappa shape index (κ1) is 16.6. The molecule has 24 heavy (non-hydrogen) atoms. The van der Waals surface area contributed by atoms with E-state index in [0.717, 1.165) is 47.1 Å². The van der Waals surface area contributed by atoms with Gasteiger partial charge < -0.3 is 14.8 Å². The third-order valence-corrected chi connectivity index (χ3v) is 4.36. The molecule has 0 aliphatic heterocycles. The number of nitrogens with zero attached hydrogens (tertiary/aromatic N) is 2. The first-order valence-corrected chi connectivity index (χ1v) is 8.53. The Hall–Kier alpha value is -2.30. The summed E-state index contributed by atoms with van der Waals surface area (Å²) in [4.78, 5) is 8.83. The first-order chi connectivity index (χ1) is 11.7. The molecule has 0 unspecified atom stereocenters. The van der Waals surface area contributed by atoms with Gasteiger partial charge in [-0.15, -0.1) is 0 Å². The fraction of sp³-hybridized carbons (Fsp3) is 0.474. The number of nitrogens with one attached hydrogen (secondary N) is 1. The zero-order valence-electron chi connectivity index (χ0n) is 14.6. The predicted molar refractivity (Wildman–Crippen MR) is 94.7 cm³/mol. The maximum absolute atomic E-state index is 6.15. The van der Waals surface area contributed by atoms with Crippen molar-refractivity contribution in [2.24, 2.45) is 0 Å². The number of aromatic nitrogens is 2. The number of hydrogen-bond acceptors (Lipinski definition) is 5. The number of methoxy groups -OCH3 is 1. The quantitative estimate of drug-likeness (QED) is 0.868. The van der Waals surface area contributed by atoms with Gasteiger partial charge in [0.15, 0.2) is 11.5 Å². The van der Waals surface area contributed by atoms with E-state index >= 15 is 0 Å². The van der Waals surface area contributed by atoms with Gasteiger partial charge in [0.05, 0.1) is 24.6 Å². The van der Waals surface area contributed by atoms with Crippen LogP contribution in [0.3, 0.4) is 0 Å². The lowest BCUT2D eigenvalue weighted by atomic mass is 10.2. The Kier molecular flexibility index (Phi) is 5.18. The van der Waals surface area contributed by atoms with Crippen molar-refractivity contribution in [3.05, 3.63) is 41.3 Å². The second-order valence-corrected chi connectivity index (χ2v) is 6.31. The van der Waals surface area contributed by atoms with Crippen LogP contribution in [0.15, 0.2) is 24.4 Å². The lowest BCUT2D eigenvalue weighted by Crippen LogP contribution is -2.12. The van der Waals surface area contributed by atoms with Gasteiger partial charge in [-0.05, 0) is 57.2 Å². The Morgan fingerprint density at radius 3 is 2.71 bits per heavy atom. The molecule has 2 aromatic rings. The highest BCUT2D eigenvalue weighted by Gasteiger charge is 2.18. The maximum Gasteiger partial charge on any atom is 0.161 e. The Labute approximate surface area is 143 Å². The average molecular weight is 327 g/mol. The van der Waals surface area contributed by atoms with Gasteiger partial charge in [0.25, 0.3) is 0 Å². The molecule has 0 saturated heterocycles. The van der Waals surface area contributed by atoms with Gasteiger partial charge in [-0.3, -0.25) is 4.98 Å². The van der Waals surface area contributed by atoms with Crippen molar-refractivity contribution in [2.45, 2.75) is 52.2 Å². The molecule has 5 nitrogen and oxygen atoms in total. The van der Waals surface area contributed by atoms with Crippen LogP contribution in [0, 0.1) is 13.8 Å². The Balaban J connectivity index is 1.72. The van der Waals surface area contributed by atoms with E-state index in [1.807, 2.05) is 26.0 Å². The molecule has 128 valence electrons. The summed E-state index contributed by atoms with van der Waals surface area (Å²) >= 11 is 0. The number of anilines is 1. The fourth-order valence-corrected chi connectivity index (χ4v) is 3.00. The minimum Gasteiger partial charge on any atom is -0.493 e. The number of aryl methyl sites for hydroxylation is 2. The summed E-state index contributed by atoms with van der Waals surface area (Å²) < 4.78 is 11.6. The van der Waals surface area contributed by atoms with Gasteiger partial charge in [0.2, 0.25) is 0 Å². The highest BCUT2D eigenvalue weighted by molar-refractivity contribution is 5.45. The van der Waals surface area contributed by atoms with Crippen LogP contribution in [0.4, 0.5) is 5.82 Å². The predicted octanol–water partition coefficient (Wildman–Crippen LogP) is 4.04. The van der Waals surface area contributed by atoms with E-state index in [1.165, 1.54) is 12.8 Å². The van der Waals surface area contributed by atoms with Crippen LogP contribution in [0.1, 0.15) is 42.6 Å². The van der Waals surface area contributed by atoms with Gasteiger partial charge in [0.1, 0.15) is 5.82 Å². The monoisotopic (exact) mass is 327 g/mol. The molecule has 1 saturated carbocycles. The summed E-state index contributed by atoms with van der Waals surface area (Å²) in [5.41, 5.74) is 2.94. The van der Waals surface area contributed by atoms with Crippen LogP contribution in [-0.2, 0) is 6.54 Å². The highest BCUT2D eigenvalue weighted by atomic mass is 16.5. The normalized spacial score (nSPS) is 14.6. The molecule has 1 aliphatic carbocycles. The molecular formula is C19H25N3O2. The number of rotatable bonds is 6. The number of hydrogen-bond donors (Lipinski definition) is 1. The summed E-state index contributed by atoms with van der Waals surface area (Å²) in [6.07, 6.45) is 6.85. The van der Waals surface area contributed by atoms with Crippen molar-refractivity contribution >= 4 is 5.82 Å². The molecule has 1 N–H and O–H groups in total. The van der Waals surface area contributed by atoms with Crippen molar-refractivity contribution < 1.29 is 9.47 Å². The van der Waals surface area contributed by atoms with Crippen LogP contribution in [0.25, 0.3) is 0 Å². The van der Waals surface area contributed by atoms with Crippen LogP contribution >= 0.6 is 0 Å².